The number of nitrogens with zero attached hydrogens (tertiary/aromatic N) is 4. The molecule has 0 amide bonds. The lowest BCUT2D eigenvalue weighted by atomic mass is 10.2. The van der Waals surface area contributed by atoms with E-state index < -0.39 is 12.0 Å². The van der Waals surface area contributed by atoms with Crippen molar-refractivity contribution in [3.8, 4) is 0 Å². The van der Waals surface area contributed by atoms with Crippen LogP contribution < -0.4 is 5.73 Å². The average molecular weight is 193 g/mol. The third-order valence-electron chi connectivity index (χ3n) is 1.84. The SMILES string of the molecule is NC(C(=O)O)c1cccc2nnnn12. The third kappa shape index (κ3) is 1.19. The summed E-state index contributed by atoms with van der Waals surface area (Å²) in [7, 11) is 0. The summed E-state index contributed by atoms with van der Waals surface area (Å²) in [6, 6.07) is 3.77. The first kappa shape index (κ1) is 8.57. The predicted molar refractivity (Wildman–Crippen MR) is 45.3 cm³/mol. The van der Waals surface area contributed by atoms with Crippen molar-refractivity contribution < 1.29 is 9.90 Å². The molecule has 2 rings (SSSR count). The van der Waals surface area contributed by atoms with Crippen LogP contribution in [0.3, 0.4) is 0 Å². The zero-order valence-electron chi connectivity index (χ0n) is 7.03. The predicted octanol–water partition coefficient (Wildman–Crippen LogP) is -0.791. The number of aromatic nitrogens is 4. The van der Waals surface area contributed by atoms with Crippen molar-refractivity contribution in [3.05, 3.63) is 23.9 Å². The number of carbonyl (C=O) groups is 1. The summed E-state index contributed by atoms with van der Waals surface area (Å²) in [5.41, 5.74) is 6.27. The molecule has 14 heavy (non-hydrogen) atoms. The van der Waals surface area contributed by atoms with Gasteiger partial charge in [0.25, 0.3) is 0 Å². The summed E-state index contributed by atoms with van der Waals surface area (Å²) in [4.78, 5) is 10.7. The first-order valence-corrected chi connectivity index (χ1v) is 3.85. The van der Waals surface area contributed by atoms with Crippen LogP contribution in [-0.4, -0.2) is 31.1 Å². The normalized spacial score (nSPS) is 12.9. The standard InChI is InChI=1S/C7H7N5O2/c8-6(7(13)14)4-2-1-3-5-9-10-11-12(4)5/h1-3,6H,8H2,(H,13,14). The van der Waals surface area contributed by atoms with E-state index in [0.29, 0.717) is 11.3 Å². The third-order valence-corrected chi connectivity index (χ3v) is 1.84. The number of hydrogen-bond donors (Lipinski definition) is 2. The molecule has 0 saturated heterocycles. The van der Waals surface area contributed by atoms with E-state index in [9.17, 15) is 4.79 Å². The molecular weight excluding hydrogens is 186 g/mol. The Labute approximate surface area is 78.1 Å². The molecule has 3 N–H and O–H groups in total. The molecule has 0 aliphatic heterocycles. The number of carboxylic acid groups (broad SMARTS) is 1. The van der Waals surface area contributed by atoms with Gasteiger partial charge >= 0.3 is 5.97 Å². The molecule has 0 bridgehead atoms. The Kier molecular flexibility index (Phi) is 1.86. The highest BCUT2D eigenvalue weighted by molar-refractivity contribution is 5.74. The fourth-order valence-electron chi connectivity index (χ4n) is 1.15. The van der Waals surface area contributed by atoms with E-state index in [1.165, 1.54) is 4.52 Å². The van der Waals surface area contributed by atoms with Gasteiger partial charge in [-0.15, -0.1) is 5.10 Å². The van der Waals surface area contributed by atoms with Crippen molar-refractivity contribution >= 4 is 11.6 Å². The van der Waals surface area contributed by atoms with Crippen molar-refractivity contribution in [2.24, 2.45) is 5.73 Å². The zero-order chi connectivity index (χ0) is 10.1. The van der Waals surface area contributed by atoms with Gasteiger partial charge in [-0.3, -0.25) is 4.79 Å². The van der Waals surface area contributed by atoms with Gasteiger partial charge in [0.15, 0.2) is 5.65 Å². The van der Waals surface area contributed by atoms with Gasteiger partial charge in [-0.2, -0.15) is 4.52 Å². The van der Waals surface area contributed by atoms with Crippen LogP contribution in [0.4, 0.5) is 0 Å². The first-order valence-electron chi connectivity index (χ1n) is 3.85. The summed E-state index contributed by atoms with van der Waals surface area (Å²) in [5, 5.41) is 19.5. The lowest BCUT2D eigenvalue weighted by Crippen LogP contribution is -2.23. The Bertz CT molecular complexity index is 480. The monoisotopic (exact) mass is 193 g/mol. The molecule has 2 aromatic heterocycles. The molecule has 7 nitrogen and oxygen atoms in total. The lowest BCUT2D eigenvalue weighted by molar-refractivity contribution is -0.138. The second kappa shape index (κ2) is 3.04. The quantitative estimate of drug-likeness (QED) is 0.647. The highest BCUT2D eigenvalue weighted by atomic mass is 16.4. The Morgan fingerprint density at radius 1 is 1.57 bits per heavy atom. The number of nitrogens with two attached hydrogens (primary N) is 1. The van der Waals surface area contributed by atoms with Crippen molar-refractivity contribution in [3.63, 3.8) is 0 Å². The molecule has 7 heteroatoms. The maximum absolute atomic E-state index is 10.7. The van der Waals surface area contributed by atoms with Crippen molar-refractivity contribution in [1.82, 2.24) is 20.0 Å². The van der Waals surface area contributed by atoms with Crippen molar-refractivity contribution in [1.29, 1.82) is 0 Å². The molecule has 0 aliphatic carbocycles. The van der Waals surface area contributed by atoms with Crippen LogP contribution in [0, 0.1) is 0 Å². The number of aliphatic carboxylic acids is 1. The van der Waals surface area contributed by atoms with E-state index in [-0.39, 0.29) is 0 Å². The number of rotatable bonds is 2. The minimum Gasteiger partial charge on any atom is -0.480 e. The second-order valence-electron chi connectivity index (χ2n) is 2.72. The van der Waals surface area contributed by atoms with E-state index in [0.717, 1.165) is 0 Å². The van der Waals surface area contributed by atoms with Crippen molar-refractivity contribution in [2.75, 3.05) is 0 Å². The van der Waals surface area contributed by atoms with Crippen LogP contribution >= 0.6 is 0 Å². The number of tetrazole rings is 1. The summed E-state index contributed by atoms with van der Waals surface area (Å²) in [5.74, 6) is -1.12. The molecule has 0 radical (unpaired) electrons. The van der Waals surface area contributed by atoms with Gasteiger partial charge in [0.2, 0.25) is 0 Å². The van der Waals surface area contributed by atoms with Crippen LogP contribution in [0.5, 0.6) is 0 Å². The summed E-state index contributed by atoms with van der Waals surface area (Å²) in [6.07, 6.45) is 0. The minimum absolute atomic E-state index is 0.347. The van der Waals surface area contributed by atoms with Crippen LogP contribution in [0.2, 0.25) is 0 Å². The highest BCUT2D eigenvalue weighted by Gasteiger charge is 2.18. The van der Waals surface area contributed by atoms with Gasteiger partial charge in [0.1, 0.15) is 6.04 Å². The van der Waals surface area contributed by atoms with Crippen LogP contribution in [0.15, 0.2) is 18.2 Å². The summed E-state index contributed by atoms with van der Waals surface area (Å²) >= 11 is 0. The molecule has 0 spiro atoms. The Morgan fingerprint density at radius 3 is 3.07 bits per heavy atom. The Hall–Kier alpha value is -2.02. The highest BCUT2D eigenvalue weighted by Crippen LogP contribution is 2.10. The van der Waals surface area contributed by atoms with Gasteiger partial charge in [-0.05, 0) is 22.6 Å². The molecule has 72 valence electrons. The minimum atomic E-state index is -1.12. The van der Waals surface area contributed by atoms with E-state index in [1.807, 2.05) is 0 Å². The largest absolute Gasteiger partial charge is 0.480 e. The lowest BCUT2D eigenvalue weighted by Gasteiger charge is -2.06. The summed E-state index contributed by atoms with van der Waals surface area (Å²) in [6.45, 7) is 0. The Balaban J connectivity index is 2.61. The number of fused-ring (bicyclic) bond motifs is 1. The van der Waals surface area contributed by atoms with Crippen LogP contribution in [0.25, 0.3) is 5.65 Å². The van der Waals surface area contributed by atoms with Gasteiger partial charge in [0, 0.05) is 0 Å². The van der Waals surface area contributed by atoms with Gasteiger partial charge in [-0.25, -0.2) is 0 Å². The molecular formula is C7H7N5O2. The number of pyridine rings is 1. The van der Waals surface area contributed by atoms with Gasteiger partial charge in [0.05, 0.1) is 5.69 Å². The van der Waals surface area contributed by atoms with E-state index in [4.69, 9.17) is 10.8 Å². The second-order valence-corrected chi connectivity index (χ2v) is 2.72. The Morgan fingerprint density at radius 2 is 2.36 bits per heavy atom. The molecule has 1 unspecified atom stereocenters. The fraction of sp³-hybridized carbons (Fsp3) is 0.143. The maximum Gasteiger partial charge on any atom is 0.326 e. The van der Waals surface area contributed by atoms with E-state index >= 15 is 0 Å². The smallest absolute Gasteiger partial charge is 0.326 e. The first-order chi connectivity index (χ1) is 6.70. The molecule has 0 fully saturated rings. The summed E-state index contributed by atoms with van der Waals surface area (Å²) < 4.78 is 1.30. The van der Waals surface area contributed by atoms with E-state index in [2.05, 4.69) is 15.5 Å². The van der Waals surface area contributed by atoms with Gasteiger partial charge in [-0.1, -0.05) is 6.07 Å². The maximum atomic E-state index is 10.7. The topological polar surface area (TPSA) is 106 Å². The number of carboxylic acids is 1. The molecule has 0 saturated carbocycles. The molecule has 0 aliphatic rings. The average Bonchev–Trinajstić information content (AvgIpc) is 2.63. The zero-order valence-corrected chi connectivity index (χ0v) is 7.03. The fourth-order valence-corrected chi connectivity index (χ4v) is 1.15. The molecule has 0 aromatic carbocycles. The van der Waals surface area contributed by atoms with E-state index in [1.54, 1.807) is 18.2 Å². The van der Waals surface area contributed by atoms with Crippen LogP contribution in [-0.2, 0) is 4.79 Å². The number of hydrogen-bond acceptors (Lipinski definition) is 5. The molecule has 1 atom stereocenters. The molecule has 2 heterocycles. The molecule has 2 aromatic rings. The van der Waals surface area contributed by atoms with Gasteiger partial charge < -0.3 is 10.8 Å². The van der Waals surface area contributed by atoms with Crippen LogP contribution in [0.1, 0.15) is 11.7 Å². The van der Waals surface area contributed by atoms with Crippen molar-refractivity contribution in [2.45, 2.75) is 6.04 Å².